The predicted octanol–water partition coefficient (Wildman–Crippen LogP) is 5.00. The maximum Gasteiger partial charge on any atom is 0.242 e. The summed E-state index contributed by atoms with van der Waals surface area (Å²) in [7, 11) is 0. The van der Waals surface area contributed by atoms with Crippen molar-refractivity contribution in [2.24, 2.45) is 5.41 Å². The molecule has 6 heteroatoms. The summed E-state index contributed by atoms with van der Waals surface area (Å²) in [6, 6.07) is 38.2. The molecule has 1 aliphatic carbocycles. The minimum absolute atomic E-state index is 0.269. The summed E-state index contributed by atoms with van der Waals surface area (Å²) < 4.78 is 0. The molecular weight excluding hydrogens is 484 g/mol. The number of benzene rings is 4. The lowest BCUT2D eigenvalue weighted by atomic mass is 9.83. The van der Waals surface area contributed by atoms with E-state index in [9.17, 15) is 20.1 Å². The fourth-order valence-corrected chi connectivity index (χ4v) is 7.12. The number of rotatable bonds is 4. The third-order valence-electron chi connectivity index (χ3n) is 8.66. The Bertz CT molecular complexity index is 1620. The number of para-hydroxylation sites is 2. The molecule has 0 radical (unpaired) electrons. The van der Waals surface area contributed by atoms with Crippen molar-refractivity contribution in [3.05, 3.63) is 131 Å². The summed E-state index contributed by atoms with van der Waals surface area (Å²) >= 11 is 0. The summed E-state index contributed by atoms with van der Waals surface area (Å²) in [5.41, 5.74) is -1.03. The van der Waals surface area contributed by atoms with Gasteiger partial charge >= 0.3 is 0 Å². The van der Waals surface area contributed by atoms with Crippen molar-refractivity contribution >= 4 is 23.2 Å². The van der Waals surface area contributed by atoms with E-state index in [1.807, 2.05) is 84.9 Å². The number of fused-ring (bicyclic) bond motifs is 5. The van der Waals surface area contributed by atoms with Crippen LogP contribution in [0.3, 0.4) is 0 Å². The number of nitrogens with zero attached hydrogens (tertiary/aromatic N) is 4. The van der Waals surface area contributed by atoms with Gasteiger partial charge in [-0.15, -0.1) is 0 Å². The molecule has 1 saturated carbocycles. The maximum atomic E-state index is 14.7. The van der Waals surface area contributed by atoms with Crippen LogP contribution in [-0.4, -0.2) is 11.8 Å². The topological polar surface area (TPSA) is 88.2 Å². The molecule has 0 unspecified atom stereocenters. The Labute approximate surface area is 225 Å². The first-order valence-electron chi connectivity index (χ1n) is 12.8. The second-order valence-corrected chi connectivity index (χ2v) is 10.3. The zero-order chi connectivity index (χ0) is 26.8. The quantitative estimate of drug-likeness (QED) is 0.390. The Morgan fingerprint density at radius 3 is 1.28 bits per heavy atom. The van der Waals surface area contributed by atoms with Gasteiger partial charge in [0.25, 0.3) is 0 Å². The molecule has 2 atom stereocenters. The predicted molar refractivity (Wildman–Crippen MR) is 145 cm³/mol. The molecule has 39 heavy (non-hydrogen) atoms. The van der Waals surface area contributed by atoms with E-state index in [1.54, 1.807) is 34.1 Å². The molecule has 2 amide bonds. The molecule has 0 saturated heterocycles. The van der Waals surface area contributed by atoms with Gasteiger partial charge in [0.15, 0.2) is 5.41 Å². The van der Waals surface area contributed by atoms with Crippen molar-refractivity contribution in [2.75, 3.05) is 9.80 Å². The Kier molecular flexibility index (Phi) is 4.65. The highest BCUT2D eigenvalue weighted by Crippen LogP contribution is 2.84. The minimum atomic E-state index is -1.91. The first kappa shape index (κ1) is 23.0. The van der Waals surface area contributed by atoms with E-state index in [0.29, 0.717) is 22.5 Å². The standard InChI is InChI=1S/C33H22N4O2/c34-21-31(22-35)32(25-15-7-9-17-27(25)36(29(32)38)19-23-11-3-1-4-12-23)33(31)26-16-8-10-18-28(26)37(30(33)39)20-24-13-5-2-6-14-24/h1-18H,19-20H2/t32-,33-/m1/s1. The molecule has 2 aliphatic heterocycles. The van der Waals surface area contributed by atoms with Crippen LogP contribution in [0.15, 0.2) is 109 Å². The van der Waals surface area contributed by atoms with Gasteiger partial charge in [0.2, 0.25) is 11.8 Å². The first-order valence-corrected chi connectivity index (χ1v) is 12.8. The molecule has 0 bridgehead atoms. The summed E-state index contributed by atoms with van der Waals surface area (Å²) in [6.07, 6.45) is 0. The van der Waals surface area contributed by atoms with Gasteiger partial charge < -0.3 is 9.80 Å². The molecule has 2 heterocycles. The van der Waals surface area contributed by atoms with Crippen molar-refractivity contribution in [1.82, 2.24) is 0 Å². The largest absolute Gasteiger partial charge is 0.307 e. The first-order chi connectivity index (χ1) is 19.1. The molecule has 4 aromatic carbocycles. The van der Waals surface area contributed by atoms with E-state index in [0.717, 1.165) is 11.1 Å². The van der Waals surface area contributed by atoms with Gasteiger partial charge in [0.1, 0.15) is 10.8 Å². The monoisotopic (exact) mass is 506 g/mol. The van der Waals surface area contributed by atoms with Crippen LogP contribution in [0, 0.1) is 28.1 Å². The highest BCUT2D eigenvalue weighted by atomic mass is 16.2. The highest BCUT2D eigenvalue weighted by Gasteiger charge is 3.00. The van der Waals surface area contributed by atoms with Gasteiger partial charge in [-0.1, -0.05) is 97.1 Å². The molecule has 0 N–H and O–H groups in total. The molecular formula is C33H22N4O2. The second kappa shape index (κ2) is 7.90. The van der Waals surface area contributed by atoms with E-state index < -0.39 is 16.2 Å². The minimum Gasteiger partial charge on any atom is -0.307 e. The fourth-order valence-electron chi connectivity index (χ4n) is 7.12. The molecule has 186 valence electrons. The Morgan fingerprint density at radius 1 is 0.538 bits per heavy atom. The van der Waals surface area contributed by atoms with Crippen LogP contribution in [0.2, 0.25) is 0 Å². The number of carbonyl (C=O) groups is 2. The van der Waals surface area contributed by atoms with Crippen molar-refractivity contribution in [3.63, 3.8) is 0 Å². The number of amides is 2. The van der Waals surface area contributed by atoms with E-state index in [2.05, 4.69) is 12.1 Å². The third kappa shape index (κ3) is 2.49. The highest BCUT2D eigenvalue weighted by molar-refractivity contribution is 6.26. The third-order valence-corrected chi connectivity index (χ3v) is 8.66. The number of hydrogen-bond donors (Lipinski definition) is 0. The Hall–Kier alpha value is -5.20. The van der Waals surface area contributed by atoms with Crippen LogP contribution in [0.1, 0.15) is 22.3 Å². The van der Waals surface area contributed by atoms with Crippen LogP contribution in [-0.2, 0) is 33.5 Å². The summed E-state index contributed by atoms with van der Waals surface area (Å²) in [6.45, 7) is 0.538. The molecule has 6 nitrogen and oxygen atoms in total. The number of hydrogen-bond acceptors (Lipinski definition) is 4. The van der Waals surface area contributed by atoms with Crippen LogP contribution in [0.25, 0.3) is 0 Å². The van der Waals surface area contributed by atoms with Crippen molar-refractivity contribution < 1.29 is 9.59 Å². The normalized spacial score (nSPS) is 23.4. The molecule has 0 aromatic heterocycles. The van der Waals surface area contributed by atoms with Gasteiger partial charge in [0.05, 0.1) is 25.2 Å². The zero-order valence-electron chi connectivity index (χ0n) is 20.9. The number of nitriles is 2. The molecule has 4 aromatic rings. The van der Waals surface area contributed by atoms with Gasteiger partial charge in [-0.3, -0.25) is 9.59 Å². The lowest BCUT2D eigenvalue weighted by molar-refractivity contribution is -0.125. The fraction of sp³-hybridized carbons (Fsp3) is 0.152. The number of carbonyl (C=O) groups excluding carboxylic acids is 2. The second-order valence-electron chi connectivity index (χ2n) is 10.3. The van der Waals surface area contributed by atoms with Gasteiger partial charge in [-0.05, 0) is 34.4 Å². The van der Waals surface area contributed by atoms with E-state index in [4.69, 9.17) is 0 Å². The lowest BCUT2D eigenvalue weighted by Crippen LogP contribution is -2.41. The molecule has 1 fully saturated rings. The van der Waals surface area contributed by atoms with Crippen molar-refractivity contribution in [2.45, 2.75) is 23.9 Å². The van der Waals surface area contributed by atoms with Gasteiger partial charge in [-0.2, -0.15) is 10.5 Å². The molecule has 2 spiro atoms. The van der Waals surface area contributed by atoms with E-state index in [1.165, 1.54) is 0 Å². The van der Waals surface area contributed by atoms with Crippen LogP contribution >= 0.6 is 0 Å². The number of anilines is 2. The van der Waals surface area contributed by atoms with Gasteiger partial charge in [0, 0.05) is 11.4 Å². The Morgan fingerprint density at radius 2 is 0.897 bits per heavy atom. The van der Waals surface area contributed by atoms with E-state index >= 15 is 0 Å². The summed E-state index contributed by atoms with van der Waals surface area (Å²) in [4.78, 5) is 32.7. The Balaban J connectivity index is 1.47. The van der Waals surface area contributed by atoms with Gasteiger partial charge in [-0.25, -0.2) is 0 Å². The van der Waals surface area contributed by atoms with Crippen LogP contribution < -0.4 is 9.80 Å². The molecule has 3 aliphatic rings. The maximum absolute atomic E-state index is 14.7. The van der Waals surface area contributed by atoms with Crippen molar-refractivity contribution in [1.29, 1.82) is 10.5 Å². The molecule has 7 rings (SSSR count). The zero-order valence-corrected chi connectivity index (χ0v) is 20.9. The SMILES string of the molecule is N#CC1(C#N)[C@@]2(C(=O)N(Cc3ccccc3)c3ccccc32)[C@]12C(=O)N(Cc1ccccc1)c1ccccc12. The van der Waals surface area contributed by atoms with Crippen LogP contribution in [0.5, 0.6) is 0 Å². The summed E-state index contributed by atoms with van der Waals surface area (Å²) in [5, 5.41) is 21.5. The smallest absolute Gasteiger partial charge is 0.242 e. The van der Waals surface area contributed by atoms with Crippen molar-refractivity contribution in [3.8, 4) is 12.1 Å². The lowest BCUT2D eigenvalue weighted by Gasteiger charge is -2.20. The van der Waals surface area contributed by atoms with Crippen LogP contribution in [0.4, 0.5) is 11.4 Å². The average Bonchev–Trinajstić information content (AvgIpc) is 3.36. The summed E-state index contributed by atoms with van der Waals surface area (Å²) in [5.74, 6) is -0.777. The average molecular weight is 507 g/mol. The van der Waals surface area contributed by atoms with E-state index in [-0.39, 0.29) is 24.9 Å².